The van der Waals surface area contributed by atoms with Crippen LogP contribution in [0, 0.1) is 0 Å². The van der Waals surface area contributed by atoms with Crippen molar-refractivity contribution < 1.29 is 8.42 Å². The van der Waals surface area contributed by atoms with Gasteiger partial charge in [-0.2, -0.15) is 0 Å². The molecule has 0 aromatic carbocycles. The Morgan fingerprint density at radius 3 is 2.86 bits per heavy atom. The van der Waals surface area contributed by atoms with E-state index in [1.807, 2.05) is 0 Å². The fraction of sp³-hybridized carbons (Fsp3) is 0.143. The van der Waals surface area contributed by atoms with Gasteiger partial charge in [-0.1, -0.05) is 12.2 Å². The van der Waals surface area contributed by atoms with Gasteiger partial charge in [-0.05, 0) is 12.1 Å². The van der Waals surface area contributed by atoms with Crippen molar-refractivity contribution in [2.24, 2.45) is 5.73 Å². The summed E-state index contributed by atoms with van der Waals surface area (Å²) in [6.07, 6.45) is 2.95. The molecule has 0 radical (unpaired) electrons. The normalized spacial score (nSPS) is 10.9. The summed E-state index contributed by atoms with van der Waals surface area (Å²) < 4.78 is 24.9. The van der Waals surface area contributed by atoms with E-state index in [0.29, 0.717) is 5.69 Å². The monoisotopic (exact) mass is 231 g/mol. The van der Waals surface area contributed by atoms with Crippen LogP contribution in [0.5, 0.6) is 0 Å². The SMILES string of the molecule is NC(=S)CS(=O)(=O)Nc1cccnc1. The minimum Gasteiger partial charge on any atom is -0.392 e. The molecule has 0 bridgehead atoms. The highest BCUT2D eigenvalue weighted by Gasteiger charge is 2.11. The molecule has 0 unspecified atom stereocenters. The number of sulfonamides is 1. The fourth-order valence-corrected chi connectivity index (χ4v) is 2.22. The Hall–Kier alpha value is -1.21. The van der Waals surface area contributed by atoms with Crippen LogP contribution in [0.25, 0.3) is 0 Å². The number of nitrogens with one attached hydrogen (secondary N) is 1. The molecule has 0 saturated heterocycles. The largest absolute Gasteiger partial charge is 0.392 e. The van der Waals surface area contributed by atoms with Crippen molar-refractivity contribution in [2.75, 3.05) is 10.5 Å². The molecule has 3 N–H and O–H groups in total. The highest BCUT2D eigenvalue weighted by molar-refractivity contribution is 7.95. The van der Waals surface area contributed by atoms with Crippen LogP contribution in [0.4, 0.5) is 5.69 Å². The molecular weight excluding hydrogens is 222 g/mol. The zero-order valence-corrected chi connectivity index (χ0v) is 8.81. The highest BCUT2D eigenvalue weighted by Crippen LogP contribution is 2.05. The maximum atomic E-state index is 11.3. The number of hydrogen-bond donors (Lipinski definition) is 2. The molecule has 0 fully saturated rings. The second kappa shape index (κ2) is 4.34. The van der Waals surface area contributed by atoms with Crippen LogP contribution < -0.4 is 10.5 Å². The first kappa shape index (κ1) is 10.9. The lowest BCUT2D eigenvalue weighted by molar-refractivity contribution is 0.605. The van der Waals surface area contributed by atoms with Gasteiger partial charge in [0.05, 0.1) is 16.9 Å². The quantitative estimate of drug-likeness (QED) is 0.718. The average molecular weight is 231 g/mol. The van der Waals surface area contributed by atoms with E-state index in [2.05, 4.69) is 21.9 Å². The van der Waals surface area contributed by atoms with Crippen molar-refractivity contribution in [3.63, 3.8) is 0 Å². The first-order valence-corrected chi connectivity index (χ1v) is 5.74. The predicted octanol–water partition coefficient (Wildman–Crippen LogP) is 0.109. The van der Waals surface area contributed by atoms with Gasteiger partial charge in [0.25, 0.3) is 0 Å². The van der Waals surface area contributed by atoms with Crippen molar-refractivity contribution in [1.29, 1.82) is 0 Å². The van der Waals surface area contributed by atoms with Gasteiger partial charge in [0.1, 0.15) is 5.75 Å². The Balaban J connectivity index is 2.74. The third-order valence-corrected chi connectivity index (χ3v) is 2.83. The second-order valence-electron chi connectivity index (χ2n) is 2.57. The van der Waals surface area contributed by atoms with Gasteiger partial charge in [-0.25, -0.2) is 8.42 Å². The molecule has 5 nitrogen and oxygen atoms in total. The Bertz CT molecular complexity index is 416. The molecule has 1 aromatic heterocycles. The van der Waals surface area contributed by atoms with Crippen molar-refractivity contribution in [1.82, 2.24) is 4.98 Å². The molecule has 0 spiro atoms. The summed E-state index contributed by atoms with van der Waals surface area (Å²) in [5.74, 6) is -0.364. The topological polar surface area (TPSA) is 85.1 Å². The summed E-state index contributed by atoms with van der Waals surface area (Å²) in [4.78, 5) is 3.69. The van der Waals surface area contributed by atoms with Crippen LogP contribution in [-0.4, -0.2) is 24.1 Å². The predicted molar refractivity (Wildman–Crippen MR) is 58.4 cm³/mol. The zero-order valence-electron chi connectivity index (χ0n) is 7.17. The van der Waals surface area contributed by atoms with E-state index in [1.165, 1.54) is 6.20 Å². The Labute approximate surface area is 87.4 Å². The summed E-state index contributed by atoms with van der Waals surface area (Å²) in [6, 6.07) is 3.21. The molecule has 1 heterocycles. The maximum Gasteiger partial charge on any atom is 0.239 e. The number of thiocarbonyl (C=S) groups is 1. The van der Waals surface area contributed by atoms with Crippen LogP contribution in [0.1, 0.15) is 0 Å². The van der Waals surface area contributed by atoms with Gasteiger partial charge in [0, 0.05) is 6.20 Å². The first-order valence-electron chi connectivity index (χ1n) is 3.68. The minimum absolute atomic E-state index is 0.0682. The van der Waals surface area contributed by atoms with E-state index >= 15 is 0 Å². The van der Waals surface area contributed by atoms with Crippen LogP contribution in [-0.2, 0) is 10.0 Å². The van der Waals surface area contributed by atoms with E-state index in [-0.39, 0.29) is 10.7 Å². The minimum atomic E-state index is -3.49. The molecule has 0 amide bonds. The number of nitrogens with zero attached hydrogens (tertiary/aromatic N) is 1. The van der Waals surface area contributed by atoms with E-state index in [4.69, 9.17) is 5.73 Å². The van der Waals surface area contributed by atoms with Crippen molar-refractivity contribution >= 4 is 32.9 Å². The lowest BCUT2D eigenvalue weighted by atomic mass is 10.4. The summed E-state index contributed by atoms with van der Waals surface area (Å²) in [7, 11) is -3.49. The van der Waals surface area contributed by atoms with Gasteiger partial charge < -0.3 is 5.73 Å². The molecule has 7 heteroatoms. The van der Waals surface area contributed by atoms with E-state index in [9.17, 15) is 8.42 Å². The smallest absolute Gasteiger partial charge is 0.239 e. The third kappa shape index (κ3) is 3.67. The molecule has 0 aliphatic carbocycles. The summed E-state index contributed by atoms with van der Waals surface area (Å²) in [5, 5.41) is 0. The third-order valence-electron chi connectivity index (χ3n) is 1.27. The molecular formula is C7H9N3O2S2. The highest BCUT2D eigenvalue weighted by atomic mass is 32.2. The number of pyridine rings is 1. The molecule has 14 heavy (non-hydrogen) atoms. The first-order chi connectivity index (χ1) is 6.49. The van der Waals surface area contributed by atoms with Gasteiger partial charge >= 0.3 is 0 Å². The number of anilines is 1. The van der Waals surface area contributed by atoms with Gasteiger partial charge in [0.2, 0.25) is 10.0 Å². The Morgan fingerprint density at radius 1 is 1.64 bits per heavy atom. The Morgan fingerprint density at radius 2 is 2.36 bits per heavy atom. The summed E-state index contributed by atoms with van der Waals surface area (Å²) in [5.41, 5.74) is 5.52. The molecule has 1 aromatic rings. The lowest BCUT2D eigenvalue weighted by Crippen LogP contribution is -2.26. The second-order valence-corrected chi connectivity index (χ2v) is 4.82. The van der Waals surface area contributed by atoms with E-state index in [1.54, 1.807) is 18.3 Å². The van der Waals surface area contributed by atoms with Crippen LogP contribution >= 0.6 is 12.2 Å². The van der Waals surface area contributed by atoms with Crippen molar-refractivity contribution in [2.45, 2.75) is 0 Å². The van der Waals surface area contributed by atoms with Crippen LogP contribution in [0.15, 0.2) is 24.5 Å². The van der Waals surface area contributed by atoms with Gasteiger partial charge in [-0.15, -0.1) is 0 Å². The van der Waals surface area contributed by atoms with E-state index in [0.717, 1.165) is 0 Å². The number of rotatable bonds is 4. The number of hydrogen-bond acceptors (Lipinski definition) is 4. The molecule has 76 valence electrons. The molecule has 0 aliphatic rings. The number of aromatic nitrogens is 1. The maximum absolute atomic E-state index is 11.3. The van der Waals surface area contributed by atoms with Gasteiger partial charge in [0.15, 0.2) is 0 Å². The summed E-state index contributed by atoms with van der Waals surface area (Å²) in [6.45, 7) is 0. The van der Waals surface area contributed by atoms with Crippen LogP contribution in [0.2, 0.25) is 0 Å². The molecule has 0 saturated carbocycles. The molecule has 1 rings (SSSR count). The standard InChI is InChI=1S/C7H9N3O2S2/c8-7(13)5-14(11,12)10-6-2-1-3-9-4-6/h1-4,10H,5H2,(H2,8,13). The van der Waals surface area contributed by atoms with Crippen molar-refractivity contribution in [3.05, 3.63) is 24.5 Å². The van der Waals surface area contributed by atoms with Crippen LogP contribution in [0.3, 0.4) is 0 Å². The number of nitrogens with two attached hydrogens (primary N) is 1. The Kier molecular flexibility index (Phi) is 3.37. The molecule has 0 atom stereocenters. The van der Waals surface area contributed by atoms with E-state index < -0.39 is 10.0 Å². The molecule has 0 aliphatic heterocycles. The van der Waals surface area contributed by atoms with Crippen molar-refractivity contribution in [3.8, 4) is 0 Å². The summed E-state index contributed by atoms with van der Waals surface area (Å²) >= 11 is 4.50. The fourth-order valence-electron chi connectivity index (χ4n) is 0.826. The lowest BCUT2D eigenvalue weighted by Gasteiger charge is -2.05. The average Bonchev–Trinajstić information content (AvgIpc) is 2.02. The zero-order chi connectivity index (χ0) is 10.6. The van der Waals surface area contributed by atoms with Gasteiger partial charge in [-0.3, -0.25) is 9.71 Å².